The van der Waals surface area contributed by atoms with Gasteiger partial charge in [0, 0.05) is 11.6 Å². The van der Waals surface area contributed by atoms with Crippen LogP contribution >= 0.6 is 0 Å². The number of anilines is 1. The Hall–Kier alpha value is -3.68. The molecule has 150 valence electrons. The molecule has 0 aliphatic heterocycles. The van der Waals surface area contributed by atoms with E-state index >= 15 is 0 Å². The van der Waals surface area contributed by atoms with Crippen molar-refractivity contribution >= 4 is 29.4 Å². The minimum Gasteiger partial charge on any atom is -0.496 e. The van der Waals surface area contributed by atoms with Crippen molar-refractivity contribution in [3.8, 4) is 5.75 Å². The fourth-order valence-corrected chi connectivity index (χ4v) is 2.59. The first-order chi connectivity index (χ1) is 14.0. The van der Waals surface area contributed by atoms with Crippen molar-refractivity contribution in [1.29, 1.82) is 0 Å². The van der Waals surface area contributed by atoms with E-state index in [0.29, 0.717) is 11.4 Å². The molecular weight excluding hydrogens is 376 g/mol. The normalized spacial score (nSPS) is 12.6. The molecule has 0 aromatic heterocycles. The molecule has 1 aliphatic carbocycles. The Bertz CT molecular complexity index is 952. The number of rotatable bonds is 7. The number of amides is 3. The summed E-state index contributed by atoms with van der Waals surface area (Å²) in [6, 6.07) is 12.7. The van der Waals surface area contributed by atoms with E-state index in [9.17, 15) is 19.2 Å². The largest absolute Gasteiger partial charge is 0.496 e. The van der Waals surface area contributed by atoms with Gasteiger partial charge < -0.3 is 14.8 Å². The number of ether oxygens (including phenoxy) is 2. The Morgan fingerprint density at radius 3 is 2.52 bits per heavy atom. The summed E-state index contributed by atoms with van der Waals surface area (Å²) >= 11 is 0. The Labute approximate surface area is 167 Å². The topological polar surface area (TPSA) is 111 Å². The van der Waals surface area contributed by atoms with Gasteiger partial charge in [-0.15, -0.1) is 0 Å². The lowest BCUT2D eigenvalue weighted by molar-refractivity contribution is -0.123. The van der Waals surface area contributed by atoms with Crippen LogP contribution in [0.1, 0.15) is 33.6 Å². The van der Waals surface area contributed by atoms with E-state index in [1.54, 1.807) is 30.3 Å². The van der Waals surface area contributed by atoms with Gasteiger partial charge in [-0.2, -0.15) is 0 Å². The lowest BCUT2D eigenvalue weighted by atomic mass is 10.2. The zero-order valence-corrected chi connectivity index (χ0v) is 15.8. The third-order valence-electron chi connectivity index (χ3n) is 4.25. The molecule has 3 amide bonds. The van der Waals surface area contributed by atoms with E-state index in [0.717, 1.165) is 12.8 Å². The number of esters is 1. The van der Waals surface area contributed by atoms with Crippen LogP contribution in [0.4, 0.5) is 5.69 Å². The smallest absolute Gasteiger partial charge is 0.338 e. The molecule has 1 saturated carbocycles. The predicted molar refractivity (Wildman–Crippen MR) is 104 cm³/mol. The number of imide groups is 1. The number of methoxy groups -OCH3 is 1. The van der Waals surface area contributed by atoms with E-state index in [2.05, 4.69) is 10.6 Å². The first-order valence-corrected chi connectivity index (χ1v) is 9.03. The van der Waals surface area contributed by atoms with E-state index in [-0.39, 0.29) is 23.0 Å². The highest BCUT2D eigenvalue weighted by molar-refractivity contribution is 6.07. The summed E-state index contributed by atoms with van der Waals surface area (Å²) in [5.41, 5.74) is 0.850. The van der Waals surface area contributed by atoms with E-state index < -0.39 is 24.4 Å². The van der Waals surface area contributed by atoms with Crippen LogP contribution in [0.3, 0.4) is 0 Å². The third kappa shape index (κ3) is 5.41. The maximum atomic E-state index is 12.2. The number of hydrogen-bond donors (Lipinski definition) is 2. The standard InChI is InChI=1S/C21H20N2O6/c1-28-17-8-3-2-7-16(17)20(26)23-18(24)12-29-21(27)14-5-4-6-15(11-14)22-19(25)13-9-10-13/h2-8,11,13H,9-10,12H2,1H3,(H,22,25)(H,23,24,26). The van der Waals surface area contributed by atoms with Gasteiger partial charge in [-0.25, -0.2) is 4.79 Å². The summed E-state index contributed by atoms with van der Waals surface area (Å²) in [6.07, 6.45) is 1.74. The van der Waals surface area contributed by atoms with Crippen molar-refractivity contribution in [2.24, 2.45) is 5.92 Å². The minimum absolute atomic E-state index is 0.0371. The molecule has 0 bridgehead atoms. The lowest BCUT2D eigenvalue weighted by Crippen LogP contribution is -2.34. The molecule has 2 aromatic rings. The molecule has 0 atom stereocenters. The van der Waals surface area contributed by atoms with E-state index in [1.165, 1.54) is 25.3 Å². The number of nitrogens with one attached hydrogen (secondary N) is 2. The van der Waals surface area contributed by atoms with Crippen LogP contribution in [0.15, 0.2) is 48.5 Å². The van der Waals surface area contributed by atoms with Gasteiger partial charge >= 0.3 is 5.97 Å². The molecule has 0 saturated heterocycles. The molecule has 0 heterocycles. The molecule has 2 N–H and O–H groups in total. The summed E-state index contributed by atoms with van der Waals surface area (Å²) in [5.74, 6) is -1.90. The minimum atomic E-state index is -0.771. The van der Waals surface area contributed by atoms with Gasteiger partial charge in [-0.3, -0.25) is 19.7 Å². The number of benzene rings is 2. The Morgan fingerprint density at radius 2 is 1.79 bits per heavy atom. The highest BCUT2D eigenvalue weighted by Gasteiger charge is 2.29. The molecular formula is C21H20N2O6. The Morgan fingerprint density at radius 1 is 1.03 bits per heavy atom. The second-order valence-electron chi connectivity index (χ2n) is 6.50. The zero-order chi connectivity index (χ0) is 20.8. The van der Waals surface area contributed by atoms with Gasteiger partial charge in [0.2, 0.25) is 5.91 Å². The first kappa shape index (κ1) is 20.1. The fraction of sp³-hybridized carbons (Fsp3) is 0.238. The van der Waals surface area contributed by atoms with E-state index in [4.69, 9.17) is 9.47 Å². The monoisotopic (exact) mass is 396 g/mol. The first-order valence-electron chi connectivity index (χ1n) is 9.03. The van der Waals surface area contributed by atoms with Crippen LogP contribution in [-0.2, 0) is 14.3 Å². The van der Waals surface area contributed by atoms with Crippen LogP contribution < -0.4 is 15.4 Å². The van der Waals surface area contributed by atoms with Crippen molar-refractivity contribution in [2.45, 2.75) is 12.8 Å². The van der Waals surface area contributed by atoms with Crippen LogP contribution in [0, 0.1) is 5.92 Å². The van der Waals surface area contributed by atoms with Gasteiger partial charge in [0.05, 0.1) is 18.2 Å². The quantitative estimate of drug-likeness (QED) is 0.694. The van der Waals surface area contributed by atoms with Crippen molar-refractivity contribution in [3.05, 3.63) is 59.7 Å². The van der Waals surface area contributed by atoms with Crippen molar-refractivity contribution in [3.63, 3.8) is 0 Å². The van der Waals surface area contributed by atoms with Crippen molar-refractivity contribution in [1.82, 2.24) is 5.32 Å². The molecule has 8 nitrogen and oxygen atoms in total. The van der Waals surface area contributed by atoms with Crippen molar-refractivity contribution < 1.29 is 28.7 Å². The molecule has 1 aliphatic rings. The van der Waals surface area contributed by atoms with Gasteiger partial charge in [-0.05, 0) is 43.2 Å². The number of carbonyl (C=O) groups is 4. The number of carbonyl (C=O) groups excluding carboxylic acids is 4. The highest BCUT2D eigenvalue weighted by atomic mass is 16.5. The second kappa shape index (κ2) is 9.01. The molecule has 0 spiro atoms. The number of hydrogen-bond acceptors (Lipinski definition) is 6. The Balaban J connectivity index is 1.52. The Kier molecular flexibility index (Phi) is 6.23. The van der Waals surface area contributed by atoms with Crippen LogP contribution in [-0.4, -0.2) is 37.4 Å². The molecule has 3 rings (SSSR count). The second-order valence-corrected chi connectivity index (χ2v) is 6.50. The number of para-hydroxylation sites is 1. The van der Waals surface area contributed by atoms with Crippen LogP contribution in [0.25, 0.3) is 0 Å². The third-order valence-corrected chi connectivity index (χ3v) is 4.25. The van der Waals surface area contributed by atoms with Crippen LogP contribution in [0.5, 0.6) is 5.75 Å². The predicted octanol–water partition coefficient (Wildman–Crippen LogP) is 2.16. The summed E-state index contributed by atoms with van der Waals surface area (Å²) in [5, 5.41) is 4.88. The van der Waals surface area contributed by atoms with Gasteiger partial charge in [-0.1, -0.05) is 18.2 Å². The summed E-state index contributed by atoms with van der Waals surface area (Å²) in [7, 11) is 1.41. The summed E-state index contributed by atoms with van der Waals surface area (Å²) < 4.78 is 10.0. The average molecular weight is 396 g/mol. The van der Waals surface area contributed by atoms with Gasteiger partial charge in [0.25, 0.3) is 11.8 Å². The fourth-order valence-electron chi connectivity index (χ4n) is 2.59. The SMILES string of the molecule is COc1ccccc1C(=O)NC(=O)COC(=O)c1cccc(NC(=O)C2CC2)c1. The average Bonchev–Trinajstić information content (AvgIpc) is 3.57. The molecule has 29 heavy (non-hydrogen) atoms. The highest BCUT2D eigenvalue weighted by Crippen LogP contribution is 2.30. The van der Waals surface area contributed by atoms with E-state index in [1.807, 2.05) is 0 Å². The van der Waals surface area contributed by atoms with Crippen LogP contribution in [0.2, 0.25) is 0 Å². The summed E-state index contributed by atoms with van der Waals surface area (Å²) in [6.45, 7) is -0.627. The lowest BCUT2D eigenvalue weighted by Gasteiger charge is -2.09. The molecule has 0 radical (unpaired) electrons. The summed E-state index contributed by atoms with van der Waals surface area (Å²) in [4.78, 5) is 48.1. The van der Waals surface area contributed by atoms with Gasteiger partial charge in [0.1, 0.15) is 5.75 Å². The van der Waals surface area contributed by atoms with Gasteiger partial charge in [0.15, 0.2) is 6.61 Å². The van der Waals surface area contributed by atoms with Crippen molar-refractivity contribution in [2.75, 3.05) is 19.0 Å². The molecule has 8 heteroatoms. The molecule has 2 aromatic carbocycles. The molecule has 1 fully saturated rings. The maximum Gasteiger partial charge on any atom is 0.338 e. The zero-order valence-electron chi connectivity index (χ0n) is 15.8. The molecule has 0 unspecified atom stereocenters. The maximum absolute atomic E-state index is 12.2.